The monoisotopic (exact) mass is 261 g/mol. The van der Waals surface area contributed by atoms with E-state index in [1.54, 1.807) is 24.5 Å². The van der Waals surface area contributed by atoms with Gasteiger partial charge in [-0.15, -0.1) is 11.3 Å². The predicted molar refractivity (Wildman–Crippen MR) is 72.6 cm³/mol. The third kappa shape index (κ3) is 2.76. The number of nitrogens with zero attached hydrogens (tertiary/aromatic N) is 1. The zero-order valence-corrected chi connectivity index (χ0v) is 11.5. The molecule has 0 saturated carbocycles. The number of ketones is 1. The molecule has 0 spiro atoms. The zero-order valence-electron chi connectivity index (χ0n) is 10.7. The Bertz CT molecular complexity index is 575. The summed E-state index contributed by atoms with van der Waals surface area (Å²) in [6.07, 6.45) is 0.357. The van der Waals surface area contributed by atoms with Crippen LogP contribution in [-0.4, -0.2) is 17.9 Å². The average molecular weight is 261 g/mol. The first-order valence-corrected chi connectivity index (χ1v) is 6.57. The number of thiazole rings is 1. The molecule has 2 rings (SSSR count). The van der Waals surface area contributed by atoms with Crippen molar-refractivity contribution in [2.24, 2.45) is 0 Å². The van der Waals surface area contributed by atoms with Gasteiger partial charge in [0.05, 0.1) is 24.2 Å². The Balaban J connectivity index is 2.16. The lowest BCUT2D eigenvalue weighted by molar-refractivity contribution is 0.0992. The summed E-state index contributed by atoms with van der Waals surface area (Å²) in [6, 6.07) is 5.49. The number of Topliss-reactive ketones (excluding diaryl/α,β-unsaturated/α-hetero) is 1. The molecule has 2 aromatic rings. The van der Waals surface area contributed by atoms with Crippen LogP contribution in [-0.2, 0) is 6.42 Å². The van der Waals surface area contributed by atoms with Crippen molar-refractivity contribution in [3.8, 4) is 5.75 Å². The molecule has 0 fully saturated rings. The summed E-state index contributed by atoms with van der Waals surface area (Å²) in [4.78, 5) is 16.4. The van der Waals surface area contributed by atoms with Crippen molar-refractivity contribution in [2.45, 2.75) is 20.3 Å². The number of aryl methyl sites for hydroxylation is 2. The summed E-state index contributed by atoms with van der Waals surface area (Å²) < 4.78 is 5.18. The van der Waals surface area contributed by atoms with Crippen LogP contribution >= 0.6 is 11.3 Å². The standard InChI is InChI=1S/C14H15NO2S/c1-9-6-11(4-5-14(9)17-3)13(16)7-12-8-18-10(2)15-12/h4-6,8H,7H2,1-3H3. The fraction of sp³-hybridized carbons (Fsp3) is 0.286. The maximum atomic E-state index is 12.1. The van der Waals surface area contributed by atoms with Gasteiger partial charge in [-0.25, -0.2) is 4.98 Å². The highest BCUT2D eigenvalue weighted by Crippen LogP contribution is 2.20. The second-order valence-electron chi connectivity index (χ2n) is 4.14. The van der Waals surface area contributed by atoms with Crippen molar-refractivity contribution in [1.82, 2.24) is 4.98 Å². The number of aromatic nitrogens is 1. The van der Waals surface area contributed by atoms with Gasteiger partial charge in [-0.3, -0.25) is 4.79 Å². The van der Waals surface area contributed by atoms with Gasteiger partial charge in [-0.2, -0.15) is 0 Å². The summed E-state index contributed by atoms with van der Waals surface area (Å²) in [7, 11) is 1.63. The van der Waals surface area contributed by atoms with E-state index >= 15 is 0 Å². The summed E-state index contributed by atoms with van der Waals surface area (Å²) in [6.45, 7) is 3.87. The average Bonchev–Trinajstić information content (AvgIpc) is 2.74. The molecule has 0 aliphatic carbocycles. The molecule has 1 aromatic heterocycles. The maximum absolute atomic E-state index is 12.1. The van der Waals surface area contributed by atoms with Gasteiger partial charge in [-0.05, 0) is 37.6 Å². The van der Waals surface area contributed by atoms with Gasteiger partial charge >= 0.3 is 0 Å². The normalized spacial score (nSPS) is 10.4. The van der Waals surface area contributed by atoms with Crippen LogP contribution in [0.4, 0.5) is 0 Å². The molecule has 94 valence electrons. The van der Waals surface area contributed by atoms with Crippen LogP contribution < -0.4 is 4.74 Å². The zero-order chi connectivity index (χ0) is 13.1. The lowest BCUT2D eigenvalue weighted by Gasteiger charge is -2.06. The van der Waals surface area contributed by atoms with Gasteiger partial charge in [0.2, 0.25) is 0 Å². The van der Waals surface area contributed by atoms with E-state index in [2.05, 4.69) is 4.98 Å². The highest BCUT2D eigenvalue weighted by Gasteiger charge is 2.10. The predicted octanol–water partition coefficient (Wildman–Crippen LogP) is 3.19. The van der Waals surface area contributed by atoms with Crippen LogP contribution in [0.1, 0.15) is 26.6 Å². The molecule has 0 atom stereocenters. The lowest BCUT2D eigenvalue weighted by Crippen LogP contribution is -2.04. The quantitative estimate of drug-likeness (QED) is 0.793. The van der Waals surface area contributed by atoms with E-state index in [0.29, 0.717) is 12.0 Å². The lowest BCUT2D eigenvalue weighted by atomic mass is 10.0. The third-order valence-electron chi connectivity index (χ3n) is 2.73. The van der Waals surface area contributed by atoms with Gasteiger partial charge in [-0.1, -0.05) is 0 Å². The largest absolute Gasteiger partial charge is 0.496 e. The van der Waals surface area contributed by atoms with E-state index in [1.165, 1.54) is 0 Å². The van der Waals surface area contributed by atoms with Crippen molar-refractivity contribution < 1.29 is 9.53 Å². The van der Waals surface area contributed by atoms with E-state index < -0.39 is 0 Å². The molecule has 0 amide bonds. The number of carbonyl (C=O) groups is 1. The van der Waals surface area contributed by atoms with Crippen molar-refractivity contribution in [3.05, 3.63) is 45.4 Å². The van der Waals surface area contributed by atoms with Crippen molar-refractivity contribution in [1.29, 1.82) is 0 Å². The van der Waals surface area contributed by atoms with E-state index in [-0.39, 0.29) is 5.78 Å². The van der Waals surface area contributed by atoms with Gasteiger partial charge in [0, 0.05) is 10.9 Å². The highest BCUT2D eigenvalue weighted by molar-refractivity contribution is 7.09. The molecule has 0 N–H and O–H groups in total. The minimum Gasteiger partial charge on any atom is -0.496 e. The van der Waals surface area contributed by atoms with Crippen LogP contribution in [0.25, 0.3) is 0 Å². The summed E-state index contributed by atoms with van der Waals surface area (Å²) in [5.41, 5.74) is 2.52. The topological polar surface area (TPSA) is 39.2 Å². The Morgan fingerprint density at radius 3 is 2.72 bits per heavy atom. The third-order valence-corrected chi connectivity index (χ3v) is 3.55. The summed E-state index contributed by atoms with van der Waals surface area (Å²) in [5.74, 6) is 0.891. The van der Waals surface area contributed by atoms with E-state index in [4.69, 9.17) is 4.74 Å². The molecular formula is C14H15NO2S. The summed E-state index contributed by atoms with van der Waals surface area (Å²) in [5, 5.41) is 2.92. The first kappa shape index (κ1) is 12.8. The van der Waals surface area contributed by atoms with Crippen LogP contribution in [0.3, 0.4) is 0 Å². The molecule has 0 unspecified atom stereocenters. The van der Waals surface area contributed by atoms with Crippen LogP contribution in [0.15, 0.2) is 23.6 Å². The molecular weight excluding hydrogens is 246 g/mol. The molecule has 0 radical (unpaired) electrons. The number of methoxy groups -OCH3 is 1. The van der Waals surface area contributed by atoms with Crippen molar-refractivity contribution >= 4 is 17.1 Å². The van der Waals surface area contributed by atoms with Crippen LogP contribution in [0, 0.1) is 13.8 Å². The Labute approximate surface area is 110 Å². The van der Waals surface area contributed by atoms with Crippen LogP contribution in [0.5, 0.6) is 5.75 Å². The minimum absolute atomic E-state index is 0.0889. The molecule has 0 saturated heterocycles. The Kier molecular flexibility index (Phi) is 3.77. The minimum atomic E-state index is 0.0889. The van der Waals surface area contributed by atoms with Crippen LogP contribution in [0.2, 0.25) is 0 Å². The SMILES string of the molecule is COc1ccc(C(=O)Cc2csc(C)n2)cc1C. The first-order chi connectivity index (χ1) is 8.60. The van der Waals surface area contributed by atoms with Gasteiger partial charge in [0.25, 0.3) is 0 Å². The maximum Gasteiger partial charge on any atom is 0.168 e. The number of hydrogen-bond donors (Lipinski definition) is 0. The number of ether oxygens (including phenoxy) is 1. The second-order valence-corrected chi connectivity index (χ2v) is 5.20. The molecule has 0 aliphatic rings. The molecule has 1 aromatic carbocycles. The molecule has 0 aliphatic heterocycles. The fourth-order valence-corrected chi connectivity index (χ4v) is 2.42. The van der Waals surface area contributed by atoms with Gasteiger partial charge < -0.3 is 4.74 Å². The Morgan fingerprint density at radius 1 is 1.39 bits per heavy atom. The Morgan fingerprint density at radius 2 is 2.17 bits per heavy atom. The molecule has 1 heterocycles. The van der Waals surface area contributed by atoms with E-state index in [9.17, 15) is 4.79 Å². The summed E-state index contributed by atoms with van der Waals surface area (Å²) >= 11 is 1.57. The molecule has 4 heteroatoms. The van der Waals surface area contributed by atoms with Crippen molar-refractivity contribution in [3.63, 3.8) is 0 Å². The smallest absolute Gasteiger partial charge is 0.168 e. The fourth-order valence-electron chi connectivity index (χ4n) is 1.81. The van der Waals surface area contributed by atoms with E-state index in [0.717, 1.165) is 22.0 Å². The second kappa shape index (κ2) is 5.31. The molecule has 0 bridgehead atoms. The van der Waals surface area contributed by atoms with Gasteiger partial charge in [0.15, 0.2) is 5.78 Å². The molecule has 18 heavy (non-hydrogen) atoms. The van der Waals surface area contributed by atoms with Gasteiger partial charge in [0.1, 0.15) is 5.75 Å². The highest BCUT2D eigenvalue weighted by atomic mass is 32.1. The number of rotatable bonds is 4. The number of carbonyl (C=O) groups excluding carboxylic acids is 1. The number of hydrogen-bond acceptors (Lipinski definition) is 4. The molecule has 3 nitrogen and oxygen atoms in total. The Hall–Kier alpha value is -1.68. The number of benzene rings is 1. The van der Waals surface area contributed by atoms with E-state index in [1.807, 2.05) is 31.4 Å². The first-order valence-electron chi connectivity index (χ1n) is 5.69. The van der Waals surface area contributed by atoms with Crippen molar-refractivity contribution in [2.75, 3.05) is 7.11 Å².